The molecule has 0 aromatic carbocycles. The third kappa shape index (κ3) is 4.03. The highest BCUT2D eigenvalue weighted by molar-refractivity contribution is 5.01. The first-order valence-corrected chi connectivity index (χ1v) is 6.88. The summed E-state index contributed by atoms with van der Waals surface area (Å²) < 4.78 is 0. The van der Waals surface area contributed by atoms with Gasteiger partial charge < -0.3 is 9.80 Å². The first-order chi connectivity index (χ1) is 8.75. The van der Waals surface area contributed by atoms with Crippen LogP contribution in [0.2, 0.25) is 0 Å². The summed E-state index contributed by atoms with van der Waals surface area (Å²) in [5, 5.41) is 0. The van der Waals surface area contributed by atoms with E-state index in [0.717, 1.165) is 25.7 Å². The van der Waals surface area contributed by atoms with Crippen LogP contribution < -0.4 is 0 Å². The summed E-state index contributed by atoms with van der Waals surface area (Å²) in [7, 11) is 4.42. The molecule has 0 radical (unpaired) electrons. The number of aromatic nitrogens is 2. The summed E-state index contributed by atoms with van der Waals surface area (Å²) in [5.74, 6) is 0. The first-order valence-electron chi connectivity index (χ1n) is 6.88. The van der Waals surface area contributed by atoms with Gasteiger partial charge in [0.05, 0.1) is 0 Å². The molecule has 4 nitrogen and oxygen atoms in total. The van der Waals surface area contributed by atoms with E-state index in [4.69, 9.17) is 0 Å². The van der Waals surface area contributed by atoms with Gasteiger partial charge in [0.1, 0.15) is 6.33 Å². The molecule has 1 aliphatic carbocycles. The van der Waals surface area contributed by atoms with Gasteiger partial charge in [0.2, 0.25) is 0 Å². The maximum Gasteiger partial charge on any atom is 0.115 e. The van der Waals surface area contributed by atoms with Crippen molar-refractivity contribution in [3.63, 3.8) is 0 Å². The monoisotopic (exact) mass is 248 g/mol. The average molecular weight is 248 g/mol. The average Bonchev–Trinajstić information content (AvgIpc) is 2.91. The molecule has 1 saturated carbocycles. The fraction of sp³-hybridized carbons (Fsp3) is 0.714. The molecular formula is C14H24N4. The lowest BCUT2D eigenvalue weighted by Gasteiger charge is -2.26. The van der Waals surface area contributed by atoms with Crippen molar-refractivity contribution in [1.82, 2.24) is 19.8 Å². The van der Waals surface area contributed by atoms with E-state index >= 15 is 0 Å². The van der Waals surface area contributed by atoms with Crippen molar-refractivity contribution < 1.29 is 0 Å². The highest BCUT2D eigenvalue weighted by Gasteiger charge is 2.19. The van der Waals surface area contributed by atoms with Crippen molar-refractivity contribution in [2.24, 2.45) is 0 Å². The van der Waals surface area contributed by atoms with Crippen LogP contribution in [0.1, 0.15) is 31.2 Å². The van der Waals surface area contributed by atoms with Gasteiger partial charge in [-0.15, -0.1) is 0 Å². The highest BCUT2D eigenvalue weighted by atomic mass is 15.2. The second-order valence-corrected chi connectivity index (χ2v) is 5.40. The van der Waals surface area contributed by atoms with E-state index in [1.807, 2.05) is 12.4 Å². The molecule has 0 bridgehead atoms. The van der Waals surface area contributed by atoms with Gasteiger partial charge in [-0.1, -0.05) is 12.8 Å². The fourth-order valence-corrected chi connectivity index (χ4v) is 2.66. The zero-order chi connectivity index (χ0) is 12.8. The summed E-state index contributed by atoms with van der Waals surface area (Å²) in [6, 6.07) is 0.818. The summed E-state index contributed by atoms with van der Waals surface area (Å²) in [5.41, 5.74) is 1.18. The van der Waals surface area contributed by atoms with Crippen LogP contribution in [-0.2, 0) is 6.54 Å². The van der Waals surface area contributed by atoms with E-state index in [2.05, 4.69) is 33.9 Å². The SMILES string of the molecule is CN(CCN(C)C1CCCC1)Cc1cncnc1. The molecule has 1 heterocycles. The van der Waals surface area contributed by atoms with Crippen molar-refractivity contribution >= 4 is 0 Å². The maximum atomic E-state index is 4.05. The van der Waals surface area contributed by atoms with E-state index in [-0.39, 0.29) is 0 Å². The Kier molecular flexibility index (Phi) is 5.08. The Morgan fingerprint density at radius 1 is 1.11 bits per heavy atom. The van der Waals surface area contributed by atoms with Crippen LogP contribution in [0, 0.1) is 0 Å². The van der Waals surface area contributed by atoms with Crippen LogP contribution in [0.25, 0.3) is 0 Å². The van der Waals surface area contributed by atoms with Crippen LogP contribution in [0.3, 0.4) is 0 Å². The summed E-state index contributed by atoms with van der Waals surface area (Å²) in [6.45, 7) is 3.18. The van der Waals surface area contributed by atoms with Crippen molar-refractivity contribution in [1.29, 1.82) is 0 Å². The highest BCUT2D eigenvalue weighted by Crippen LogP contribution is 2.21. The van der Waals surface area contributed by atoms with Crippen LogP contribution in [-0.4, -0.2) is 53.0 Å². The third-order valence-electron chi connectivity index (χ3n) is 3.85. The number of hydrogen-bond donors (Lipinski definition) is 0. The third-order valence-corrected chi connectivity index (χ3v) is 3.85. The molecule has 0 amide bonds. The van der Waals surface area contributed by atoms with Crippen molar-refractivity contribution in [3.8, 4) is 0 Å². The van der Waals surface area contributed by atoms with Crippen LogP contribution >= 0.6 is 0 Å². The van der Waals surface area contributed by atoms with Gasteiger partial charge in [0.25, 0.3) is 0 Å². The molecule has 2 rings (SSSR count). The molecule has 1 aromatic rings. The Balaban J connectivity index is 1.69. The van der Waals surface area contributed by atoms with Gasteiger partial charge in [0, 0.05) is 43.6 Å². The van der Waals surface area contributed by atoms with Gasteiger partial charge in [-0.3, -0.25) is 0 Å². The Bertz CT molecular complexity index is 335. The van der Waals surface area contributed by atoms with Crippen LogP contribution in [0.5, 0.6) is 0 Å². The van der Waals surface area contributed by atoms with Crippen LogP contribution in [0.4, 0.5) is 0 Å². The Hall–Kier alpha value is -1.00. The second-order valence-electron chi connectivity index (χ2n) is 5.40. The quantitative estimate of drug-likeness (QED) is 0.768. The van der Waals surface area contributed by atoms with E-state index in [1.165, 1.54) is 31.2 Å². The van der Waals surface area contributed by atoms with Gasteiger partial charge in [-0.2, -0.15) is 0 Å². The predicted octanol–water partition coefficient (Wildman–Crippen LogP) is 1.78. The van der Waals surface area contributed by atoms with E-state index < -0.39 is 0 Å². The van der Waals surface area contributed by atoms with E-state index in [9.17, 15) is 0 Å². The summed E-state index contributed by atoms with van der Waals surface area (Å²) in [4.78, 5) is 13.0. The largest absolute Gasteiger partial charge is 0.302 e. The minimum Gasteiger partial charge on any atom is -0.302 e. The first kappa shape index (κ1) is 13.4. The fourth-order valence-electron chi connectivity index (χ4n) is 2.66. The molecule has 1 aromatic heterocycles. The number of rotatable bonds is 6. The molecule has 1 aliphatic rings. The van der Waals surface area contributed by atoms with Gasteiger partial charge in [-0.25, -0.2) is 9.97 Å². The van der Waals surface area contributed by atoms with E-state index in [0.29, 0.717) is 0 Å². The lowest BCUT2D eigenvalue weighted by atomic mass is 10.2. The molecule has 0 aliphatic heterocycles. The molecule has 0 saturated heterocycles. The molecule has 100 valence electrons. The zero-order valence-electron chi connectivity index (χ0n) is 11.5. The predicted molar refractivity (Wildman–Crippen MR) is 73.3 cm³/mol. The Labute approximate surface area is 110 Å². The normalized spacial score (nSPS) is 16.9. The molecule has 0 N–H and O–H groups in total. The van der Waals surface area contributed by atoms with Crippen LogP contribution in [0.15, 0.2) is 18.7 Å². The zero-order valence-corrected chi connectivity index (χ0v) is 11.5. The minimum absolute atomic E-state index is 0.818. The van der Waals surface area contributed by atoms with Crippen molar-refractivity contribution in [2.75, 3.05) is 27.2 Å². The minimum atomic E-state index is 0.818. The lowest BCUT2D eigenvalue weighted by molar-refractivity contribution is 0.204. The van der Waals surface area contributed by atoms with E-state index in [1.54, 1.807) is 6.33 Å². The number of nitrogens with zero attached hydrogens (tertiary/aromatic N) is 4. The molecule has 0 unspecified atom stereocenters. The molecule has 0 spiro atoms. The Morgan fingerprint density at radius 3 is 2.44 bits per heavy atom. The smallest absolute Gasteiger partial charge is 0.115 e. The molecule has 0 atom stereocenters. The topological polar surface area (TPSA) is 32.3 Å². The second kappa shape index (κ2) is 6.81. The number of hydrogen-bond acceptors (Lipinski definition) is 4. The number of likely N-dealkylation sites (N-methyl/N-ethyl adjacent to an activating group) is 2. The lowest BCUT2D eigenvalue weighted by Crippen LogP contribution is -2.36. The maximum absolute atomic E-state index is 4.05. The Morgan fingerprint density at radius 2 is 1.78 bits per heavy atom. The van der Waals surface area contributed by atoms with Gasteiger partial charge >= 0.3 is 0 Å². The van der Waals surface area contributed by atoms with Crippen molar-refractivity contribution in [2.45, 2.75) is 38.3 Å². The van der Waals surface area contributed by atoms with Gasteiger partial charge in [-0.05, 0) is 26.9 Å². The molecular weight excluding hydrogens is 224 g/mol. The molecule has 1 fully saturated rings. The summed E-state index contributed by atoms with van der Waals surface area (Å²) >= 11 is 0. The van der Waals surface area contributed by atoms with Gasteiger partial charge in [0.15, 0.2) is 0 Å². The summed E-state index contributed by atoms with van der Waals surface area (Å²) in [6.07, 6.45) is 10.9. The van der Waals surface area contributed by atoms with Crippen molar-refractivity contribution in [3.05, 3.63) is 24.3 Å². The molecule has 4 heteroatoms. The molecule has 18 heavy (non-hydrogen) atoms. The standard InChI is InChI=1S/C14H24N4/c1-17(11-13-9-15-12-16-10-13)7-8-18(2)14-5-3-4-6-14/h9-10,12,14H,3-8,11H2,1-2H3.